The van der Waals surface area contributed by atoms with Crippen LogP contribution in [0.5, 0.6) is 0 Å². The van der Waals surface area contributed by atoms with Crippen molar-refractivity contribution < 1.29 is 4.79 Å². The Morgan fingerprint density at radius 2 is 1.79 bits per heavy atom. The molecule has 4 heterocycles. The number of pyridine rings is 1. The number of nitrogens with one attached hydrogen (secondary N) is 1. The Balaban J connectivity index is 1.12. The van der Waals surface area contributed by atoms with E-state index >= 15 is 0 Å². The van der Waals surface area contributed by atoms with Crippen LogP contribution < -0.4 is 15.1 Å². The molecule has 3 aliphatic heterocycles. The second-order valence-corrected chi connectivity index (χ2v) is 10.9. The zero-order valence-electron chi connectivity index (χ0n) is 22.2. The van der Waals surface area contributed by atoms with Crippen molar-refractivity contribution >= 4 is 28.2 Å². The molecule has 3 aliphatic rings. The van der Waals surface area contributed by atoms with Crippen LogP contribution in [0.3, 0.4) is 0 Å². The minimum Gasteiger partial charge on any atom is -0.369 e. The normalized spacial score (nSPS) is 22.0. The maximum absolute atomic E-state index is 13.5. The third-order valence-electron chi connectivity index (χ3n) is 8.37. The fraction of sp³-hybridized carbons (Fsp3) is 0.433. The van der Waals surface area contributed by atoms with Crippen LogP contribution in [0, 0.1) is 11.3 Å². The van der Waals surface area contributed by atoms with Gasteiger partial charge in [0.25, 0.3) is 0 Å². The monoisotopic (exact) mass is 509 g/mol. The van der Waals surface area contributed by atoms with Gasteiger partial charge in [0, 0.05) is 87.4 Å². The molecule has 0 radical (unpaired) electrons. The first-order valence-corrected chi connectivity index (χ1v) is 13.7. The van der Waals surface area contributed by atoms with Crippen molar-refractivity contribution in [2.45, 2.75) is 39.0 Å². The van der Waals surface area contributed by atoms with Crippen molar-refractivity contribution in [1.29, 1.82) is 5.26 Å². The number of rotatable bonds is 4. The van der Waals surface area contributed by atoms with Crippen LogP contribution in [0.4, 0.5) is 11.4 Å². The SMILES string of the molecule is CC1CN(c2ccc(C#N)c3ncccc23)CC(C)N1CC(=O)N1Cc2ccc(N3CCNCC3)cc2C1. The molecule has 0 bridgehead atoms. The van der Waals surface area contributed by atoms with Crippen LogP contribution in [-0.4, -0.2) is 78.6 Å². The number of hydrogen-bond donors (Lipinski definition) is 1. The van der Waals surface area contributed by atoms with Crippen molar-refractivity contribution in [3.05, 3.63) is 65.4 Å². The third kappa shape index (κ3) is 4.57. The summed E-state index contributed by atoms with van der Waals surface area (Å²) in [5.41, 5.74) is 6.27. The fourth-order valence-corrected chi connectivity index (χ4v) is 6.32. The van der Waals surface area contributed by atoms with Crippen molar-refractivity contribution in [3.63, 3.8) is 0 Å². The van der Waals surface area contributed by atoms with Gasteiger partial charge in [-0.05, 0) is 61.4 Å². The van der Waals surface area contributed by atoms with Gasteiger partial charge in [-0.3, -0.25) is 14.7 Å². The molecule has 8 heteroatoms. The van der Waals surface area contributed by atoms with E-state index in [1.54, 1.807) is 6.20 Å². The maximum Gasteiger partial charge on any atom is 0.237 e. The van der Waals surface area contributed by atoms with E-state index in [4.69, 9.17) is 0 Å². The average Bonchev–Trinajstić information content (AvgIpc) is 3.38. The van der Waals surface area contributed by atoms with E-state index in [-0.39, 0.29) is 18.0 Å². The topological polar surface area (TPSA) is 78.7 Å². The Kier molecular flexibility index (Phi) is 6.64. The summed E-state index contributed by atoms with van der Waals surface area (Å²) in [5, 5.41) is 13.9. The number of hydrogen-bond acceptors (Lipinski definition) is 7. The number of amides is 1. The highest BCUT2D eigenvalue weighted by Gasteiger charge is 2.34. The largest absolute Gasteiger partial charge is 0.369 e. The summed E-state index contributed by atoms with van der Waals surface area (Å²) >= 11 is 0. The summed E-state index contributed by atoms with van der Waals surface area (Å²) in [6, 6.07) is 17.3. The smallest absolute Gasteiger partial charge is 0.237 e. The first-order valence-electron chi connectivity index (χ1n) is 13.7. The average molecular weight is 510 g/mol. The van der Waals surface area contributed by atoms with E-state index in [0.717, 1.165) is 55.9 Å². The number of nitriles is 1. The van der Waals surface area contributed by atoms with Crippen LogP contribution in [0.25, 0.3) is 10.9 Å². The van der Waals surface area contributed by atoms with Gasteiger partial charge in [0.15, 0.2) is 0 Å². The molecule has 1 aromatic heterocycles. The predicted octanol–water partition coefficient (Wildman–Crippen LogP) is 2.96. The maximum atomic E-state index is 13.5. The van der Waals surface area contributed by atoms with Gasteiger partial charge in [0.2, 0.25) is 5.91 Å². The molecule has 2 saturated heterocycles. The first kappa shape index (κ1) is 24.7. The summed E-state index contributed by atoms with van der Waals surface area (Å²) in [7, 11) is 0. The molecular weight excluding hydrogens is 474 g/mol. The van der Waals surface area contributed by atoms with Crippen LogP contribution in [0.15, 0.2) is 48.7 Å². The van der Waals surface area contributed by atoms with Crippen molar-refractivity contribution in [3.8, 4) is 6.07 Å². The number of carbonyl (C=O) groups is 1. The van der Waals surface area contributed by atoms with E-state index in [1.165, 1.54) is 16.8 Å². The molecule has 2 fully saturated rings. The molecule has 0 spiro atoms. The summed E-state index contributed by atoms with van der Waals surface area (Å²) < 4.78 is 0. The zero-order chi connectivity index (χ0) is 26.2. The molecule has 1 N–H and O–H groups in total. The Morgan fingerprint density at radius 1 is 1.03 bits per heavy atom. The highest BCUT2D eigenvalue weighted by atomic mass is 16.2. The molecule has 3 aromatic rings. The molecule has 6 rings (SSSR count). The van der Waals surface area contributed by atoms with E-state index in [9.17, 15) is 10.1 Å². The van der Waals surface area contributed by atoms with E-state index < -0.39 is 0 Å². The lowest BCUT2D eigenvalue weighted by Gasteiger charge is -2.45. The van der Waals surface area contributed by atoms with Crippen molar-refractivity contribution in [2.24, 2.45) is 0 Å². The summed E-state index contributed by atoms with van der Waals surface area (Å²) in [4.78, 5) is 27.1. The van der Waals surface area contributed by atoms with Gasteiger partial charge >= 0.3 is 0 Å². The molecule has 0 aliphatic carbocycles. The number of fused-ring (bicyclic) bond motifs is 2. The first-order chi connectivity index (χ1) is 18.5. The number of piperazine rings is 2. The molecule has 2 unspecified atom stereocenters. The van der Waals surface area contributed by atoms with E-state index in [1.807, 2.05) is 29.2 Å². The molecule has 0 saturated carbocycles. The number of aromatic nitrogens is 1. The number of nitrogens with zero attached hydrogens (tertiary/aromatic N) is 6. The molecule has 2 aromatic carbocycles. The summed E-state index contributed by atoms with van der Waals surface area (Å²) in [6.45, 7) is 12.0. The Morgan fingerprint density at radius 3 is 2.55 bits per heavy atom. The van der Waals surface area contributed by atoms with E-state index in [2.05, 4.69) is 63.1 Å². The molecule has 38 heavy (non-hydrogen) atoms. The fourth-order valence-electron chi connectivity index (χ4n) is 6.32. The Bertz CT molecular complexity index is 1380. The highest BCUT2D eigenvalue weighted by Crippen LogP contribution is 2.32. The molecule has 8 nitrogen and oxygen atoms in total. The Hall–Kier alpha value is -3.67. The number of anilines is 2. The number of benzene rings is 2. The van der Waals surface area contributed by atoms with Gasteiger partial charge in [-0.2, -0.15) is 5.26 Å². The van der Waals surface area contributed by atoms with Crippen LogP contribution in [0.1, 0.15) is 30.5 Å². The lowest BCUT2D eigenvalue weighted by molar-refractivity contribution is -0.134. The molecular formula is C30H35N7O. The zero-order valence-corrected chi connectivity index (χ0v) is 22.2. The van der Waals surface area contributed by atoms with Gasteiger partial charge < -0.3 is 20.0 Å². The minimum atomic E-state index is 0.199. The van der Waals surface area contributed by atoms with Crippen molar-refractivity contribution in [2.75, 3.05) is 55.6 Å². The van der Waals surface area contributed by atoms with E-state index in [0.29, 0.717) is 25.2 Å². The van der Waals surface area contributed by atoms with Gasteiger partial charge in [0.1, 0.15) is 6.07 Å². The van der Waals surface area contributed by atoms with Crippen molar-refractivity contribution in [1.82, 2.24) is 20.1 Å². The summed E-state index contributed by atoms with van der Waals surface area (Å²) in [6.07, 6.45) is 1.74. The highest BCUT2D eigenvalue weighted by molar-refractivity contribution is 5.95. The second kappa shape index (κ2) is 10.2. The lowest BCUT2D eigenvalue weighted by Crippen LogP contribution is -2.58. The van der Waals surface area contributed by atoms with Crippen LogP contribution in [0.2, 0.25) is 0 Å². The number of carbonyl (C=O) groups excluding carboxylic acids is 1. The molecule has 196 valence electrons. The van der Waals surface area contributed by atoms with Gasteiger partial charge in [-0.15, -0.1) is 0 Å². The molecule has 1 amide bonds. The van der Waals surface area contributed by atoms with Crippen LogP contribution >= 0.6 is 0 Å². The summed E-state index contributed by atoms with van der Waals surface area (Å²) in [5.74, 6) is 0.199. The quantitative estimate of drug-likeness (QED) is 0.579. The van der Waals surface area contributed by atoms with Gasteiger partial charge in [-0.1, -0.05) is 6.07 Å². The van der Waals surface area contributed by atoms with Gasteiger partial charge in [-0.25, -0.2) is 0 Å². The molecule has 2 atom stereocenters. The standard InChI is InChI=1S/C30H35N7O/c1-21-16-35(28-8-6-23(15-31)30-27(28)4-3-9-33-30)17-22(2)37(21)20-29(38)36-18-24-5-7-26(14-25(24)19-36)34-12-10-32-11-13-34/h3-9,14,21-22,32H,10-13,16-20H2,1-2H3. The lowest BCUT2D eigenvalue weighted by atomic mass is 10.0. The Labute approximate surface area is 224 Å². The third-order valence-corrected chi connectivity index (χ3v) is 8.37. The van der Waals surface area contributed by atoms with Crippen LogP contribution in [-0.2, 0) is 17.9 Å². The van der Waals surface area contributed by atoms with Gasteiger partial charge in [0.05, 0.1) is 17.6 Å². The minimum absolute atomic E-state index is 0.199. The predicted molar refractivity (Wildman–Crippen MR) is 150 cm³/mol. The second-order valence-electron chi connectivity index (χ2n) is 10.9.